The second-order valence-corrected chi connectivity index (χ2v) is 7.62. The van der Waals surface area contributed by atoms with E-state index < -0.39 is 10.0 Å². The lowest BCUT2D eigenvalue weighted by molar-refractivity contribution is 0.0264. The van der Waals surface area contributed by atoms with Crippen molar-refractivity contribution in [3.63, 3.8) is 0 Å². The molecule has 3 N–H and O–H groups in total. The van der Waals surface area contributed by atoms with Crippen LogP contribution in [0.15, 0.2) is 34.2 Å². The highest BCUT2D eigenvalue weighted by atomic mass is 127. The van der Waals surface area contributed by atoms with Crippen molar-refractivity contribution < 1.29 is 13.2 Å². The molecule has 1 aromatic carbocycles. The number of nitrogens with zero attached hydrogens (tertiary/aromatic N) is 2. The van der Waals surface area contributed by atoms with E-state index in [1.807, 2.05) is 6.92 Å². The molecule has 1 fully saturated rings. The normalized spacial score (nSPS) is 16.3. The average molecular weight is 496 g/mol. The molecule has 0 atom stereocenters. The maximum atomic E-state index is 11.3. The number of primary sulfonamides is 1. The highest BCUT2D eigenvalue weighted by molar-refractivity contribution is 14.0. The number of nitrogens with one attached hydrogen (secondary N) is 1. The van der Waals surface area contributed by atoms with Crippen molar-refractivity contribution in [2.24, 2.45) is 10.1 Å². The van der Waals surface area contributed by atoms with E-state index in [4.69, 9.17) is 9.88 Å². The SMILES string of the molecule is CCOC1CCN(C(=NC)NCCc2ccc(S(N)(=O)=O)cc2)CC1.I. The molecule has 148 valence electrons. The van der Waals surface area contributed by atoms with Gasteiger partial charge in [-0.1, -0.05) is 12.1 Å². The Bertz CT molecular complexity index is 672. The average Bonchev–Trinajstić information content (AvgIpc) is 2.60. The monoisotopic (exact) mass is 496 g/mol. The van der Waals surface area contributed by atoms with Gasteiger partial charge in [0.1, 0.15) is 0 Å². The molecule has 0 aliphatic carbocycles. The quantitative estimate of drug-likeness (QED) is 0.354. The zero-order valence-electron chi connectivity index (χ0n) is 15.3. The predicted molar refractivity (Wildman–Crippen MR) is 115 cm³/mol. The van der Waals surface area contributed by atoms with Crippen molar-refractivity contribution in [2.45, 2.75) is 37.2 Å². The van der Waals surface area contributed by atoms with Crippen LogP contribution in [0.25, 0.3) is 0 Å². The number of sulfonamides is 1. The molecular formula is C17H29IN4O3S. The molecule has 2 rings (SSSR count). The Balaban J connectivity index is 0.00000338. The largest absolute Gasteiger partial charge is 0.378 e. The van der Waals surface area contributed by atoms with Gasteiger partial charge in [0.2, 0.25) is 10.0 Å². The highest BCUT2D eigenvalue weighted by Gasteiger charge is 2.21. The number of nitrogens with two attached hydrogens (primary N) is 1. The zero-order chi connectivity index (χ0) is 18.3. The maximum absolute atomic E-state index is 11.3. The summed E-state index contributed by atoms with van der Waals surface area (Å²) in [7, 11) is -1.84. The third kappa shape index (κ3) is 7.01. The van der Waals surface area contributed by atoms with Crippen LogP contribution in [0, 0.1) is 0 Å². The molecule has 0 spiro atoms. The standard InChI is InChI=1S/C17H28N4O3S.HI/c1-3-24-15-9-12-21(13-10-15)17(19-2)20-11-8-14-4-6-16(7-5-14)25(18,22)23;/h4-7,15H,3,8-13H2,1-2H3,(H,19,20)(H2,18,22,23);1H. The number of likely N-dealkylation sites (tertiary alicyclic amines) is 1. The molecule has 1 saturated heterocycles. The fraction of sp³-hybridized carbons (Fsp3) is 0.588. The fourth-order valence-electron chi connectivity index (χ4n) is 2.97. The van der Waals surface area contributed by atoms with Crippen LogP contribution >= 0.6 is 24.0 Å². The molecule has 0 amide bonds. The minimum absolute atomic E-state index is 0. The van der Waals surface area contributed by atoms with Gasteiger partial charge in [-0.3, -0.25) is 4.99 Å². The summed E-state index contributed by atoms with van der Waals surface area (Å²) in [5.41, 5.74) is 1.05. The van der Waals surface area contributed by atoms with Crippen LogP contribution in [0.3, 0.4) is 0 Å². The van der Waals surface area contributed by atoms with Gasteiger partial charge in [0, 0.05) is 33.3 Å². The zero-order valence-corrected chi connectivity index (χ0v) is 18.5. The lowest BCUT2D eigenvalue weighted by Gasteiger charge is -2.34. The van der Waals surface area contributed by atoms with E-state index in [1.165, 1.54) is 12.1 Å². The Labute approximate surface area is 173 Å². The van der Waals surface area contributed by atoms with Crippen molar-refractivity contribution >= 4 is 40.0 Å². The molecule has 1 heterocycles. The number of hydrogen-bond acceptors (Lipinski definition) is 4. The topological polar surface area (TPSA) is 97.0 Å². The first kappa shape index (κ1) is 23.1. The summed E-state index contributed by atoms with van der Waals surface area (Å²) in [6.07, 6.45) is 3.17. The molecule has 9 heteroatoms. The predicted octanol–water partition coefficient (Wildman–Crippen LogP) is 1.57. The second kappa shape index (κ2) is 11.1. The van der Waals surface area contributed by atoms with E-state index in [9.17, 15) is 8.42 Å². The Morgan fingerprint density at radius 2 is 1.92 bits per heavy atom. The number of ether oxygens (including phenoxy) is 1. The fourth-order valence-corrected chi connectivity index (χ4v) is 3.48. The van der Waals surface area contributed by atoms with Gasteiger partial charge in [-0.15, -0.1) is 24.0 Å². The van der Waals surface area contributed by atoms with Gasteiger partial charge in [0.25, 0.3) is 0 Å². The van der Waals surface area contributed by atoms with Crippen molar-refractivity contribution in [3.05, 3.63) is 29.8 Å². The minimum Gasteiger partial charge on any atom is -0.378 e. The molecule has 0 bridgehead atoms. The van der Waals surface area contributed by atoms with Crippen LogP contribution in [0.1, 0.15) is 25.3 Å². The van der Waals surface area contributed by atoms with Gasteiger partial charge in [-0.25, -0.2) is 13.6 Å². The first-order valence-corrected chi connectivity index (χ1v) is 10.2. The Kier molecular flexibility index (Phi) is 9.83. The Morgan fingerprint density at radius 3 is 2.42 bits per heavy atom. The molecule has 1 aromatic rings. The molecule has 26 heavy (non-hydrogen) atoms. The number of piperidine rings is 1. The molecule has 0 radical (unpaired) electrons. The van der Waals surface area contributed by atoms with E-state index >= 15 is 0 Å². The van der Waals surface area contributed by atoms with E-state index in [0.717, 1.165) is 57.0 Å². The minimum atomic E-state index is -3.63. The molecule has 7 nitrogen and oxygen atoms in total. The van der Waals surface area contributed by atoms with Gasteiger partial charge < -0.3 is 15.0 Å². The van der Waals surface area contributed by atoms with Crippen LogP contribution in [-0.4, -0.2) is 58.7 Å². The summed E-state index contributed by atoms with van der Waals surface area (Å²) >= 11 is 0. The highest BCUT2D eigenvalue weighted by Crippen LogP contribution is 2.14. The molecule has 0 unspecified atom stereocenters. The smallest absolute Gasteiger partial charge is 0.238 e. The lowest BCUT2D eigenvalue weighted by Crippen LogP contribution is -2.47. The van der Waals surface area contributed by atoms with Gasteiger partial charge in [-0.2, -0.15) is 0 Å². The Hall–Kier alpha value is -0.910. The van der Waals surface area contributed by atoms with E-state index in [-0.39, 0.29) is 28.9 Å². The van der Waals surface area contributed by atoms with Gasteiger partial charge in [0.05, 0.1) is 11.0 Å². The van der Waals surface area contributed by atoms with Crippen LogP contribution in [0.2, 0.25) is 0 Å². The van der Waals surface area contributed by atoms with Crippen molar-refractivity contribution in [3.8, 4) is 0 Å². The molecule has 0 aromatic heterocycles. The van der Waals surface area contributed by atoms with Crippen molar-refractivity contribution in [1.82, 2.24) is 10.2 Å². The number of hydrogen-bond donors (Lipinski definition) is 2. The van der Waals surface area contributed by atoms with Crippen molar-refractivity contribution in [1.29, 1.82) is 0 Å². The molecule has 1 aliphatic rings. The van der Waals surface area contributed by atoms with Crippen LogP contribution in [0.4, 0.5) is 0 Å². The number of benzene rings is 1. The summed E-state index contributed by atoms with van der Waals surface area (Å²) in [6.45, 7) is 5.40. The summed E-state index contributed by atoms with van der Waals surface area (Å²) < 4.78 is 28.2. The van der Waals surface area contributed by atoms with Gasteiger partial charge in [-0.05, 0) is 43.9 Å². The second-order valence-electron chi connectivity index (χ2n) is 6.05. The van der Waals surface area contributed by atoms with E-state index in [1.54, 1.807) is 19.2 Å². The first-order valence-electron chi connectivity index (χ1n) is 8.63. The summed E-state index contributed by atoms with van der Waals surface area (Å²) in [5.74, 6) is 0.899. The van der Waals surface area contributed by atoms with Gasteiger partial charge >= 0.3 is 0 Å². The van der Waals surface area contributed by atoms with Crippen LogP contribution in [-0.2, 0) is 21.2 Å². The molecule has 1 aliphatic heterocycles. The van der Waals surface area contributed by atoms with E-state index in [0.29, 0.717) is 6.10 Å². The lowest BCUT2D eigenvalue weighted by atomic mass is 10.1. The number of aliphatic imine (C=N–C) groups is 1. The number of halogens is 1. The van der Waals surface area contributed by atoms with Crippen molar-refractivity contribution in [2.75, 3.05) is 33.3 Å². The number of guanidine groups is 1. The van der Waals surface area contributed by atoms with Gasteiger partial charge in [0.15, 0.2) is 5.96 Å². The summed E-state index contributed by atoms with van der Waals surface area (Å²) in [6, 6.07) is 6.66. The Morgan fingerprint density at radius 1 is 1.31 bits per heavy atom. The first-order chi connectivity index (χ1) is 11.9. The summed E-state index contributed by atoms with van der Waals surface area (Å²) in [5, 5.41) is 8.48. The van der Waals surface area contributed by atoms with E-state index in [2.05, 4.69) is 15.2 Å². The third-order valence-electron chi connectivity index (χ3n) is 4.30. The van der Waals surface area contributed by atoms with Crippen LogP contribution < -0.4 is 10.5 Å². The van der Waals surface area contributed by atoms with Crippen LogP contribution in [0.5, 0.6) is 0 Å². The number of rotatable bonds is 6. The molecule has 0 saturated carbocycles. The summed E-state index contributed by atoms with van der Waals surface area (Å²) in [4.78, 5) is 6.74. The maximum Gasteiger partial charge on any atom is 0.238 e. The third-order valence-corrected chi connectivity index (χ3v) is 5.23. The molecular weight excluding hydrogens is 467 g/mol.